The standard InChI is InChI=1S/C20H23N5O2/c1-2-3-4-5-14-27-19-12-6-16(7-13-19)20(26)22-17-8-10-18(11-9-17)25-15-21-23-24-25/h6-13,15H,2-5,14H2,1H3,(H,22,26). The predicted octanol–water partition coefficient (Wildman–Crippen LogP) is 3.87. The summed E-state index contributed by atoms with van der Waals surface area (Å²) >= 11 is 0. The van der Waals surface area contributed by atoms with Gasteiger partial charge in [-0.3, -0.25) is 4.79 Å². The molecule has 0 fully saturated rings. The van der Waals surface area contributed by atoms with Gasteiger partial charge in [0.05, 0.1) is 12.3 Å². The van der Waals surface area contributed by atoms with Crippen molar-refractivity contribution < 1.29 is 9.53 Å². The summed E-state index contributed by atoms with van der Waals surface area (Å²) in [6.45, 7) is 2.90. The highest BCUT2D eigenvalue weighted by Gasteiger charge is 2.07. The molecule has 7 nitrogen and oxygen atoms in total. The monoisotopic (exact) mass is 365 g/mol. The number of hydrogen-bond donors (Lipinski definition) is 1. The Balaban J connectivity index is 1.52. The number of rotatable bonds is 9. The SMILES string of the molecule is CCCCCCOc1ccc(C(=O)Nc2ccc(-n3cnnn3)cc2)cc1. The van der Waals surface area contributed by atoms with Crippen molar-refractivity contribution in [3.63, 3.8) is 0 Å². The number of aromatic nitrogens is 4. The first kappa shape index (κ1) is 18.6. The van der Waals surface area contributed by atoms with Gasteiger partial charge in [0, 0.05) is 11.3 Å². The molecule has 7 heteroatoms. The number of hydrogen-bond acceptors (Lipinski definition) is 5. The van der Waals surface area contributed by atoms with Crippen LogP contribution in [-0.2, 0) is 0 Å². The van der Waals surface area contributed by atoms with Crippen LogP contribution in [0.3, 0.4) is 0 Å². The molecule has 1 amide bonds. The molecule has 0 spiro atoms. The van der Waals surface area contributed by atoms with Gasteiger partial charge in [0.1, 0.15) is 12.1 Å². The number of nitrogens with zero attached hydrogens (tertiary/aromatic N) is 4. The molecule has 1 aromatic heterocycles. The molecule has 0 saturated heterocycles. The van der Waals surface area contributed by atoms with Crippen molar-refractivity contribution in [2.45, 2.75) is 32.6 Å². The summed E-state index contributed by atoms with van der Waals surface area (Å²) in [6, 6.07) is 14.5. The van der Waals surface area contributed by atoms with Gasteiger partial charge in [-0.05, 0) is 65.4 Å². The second-order valence-corrected chi connectivity index (χ2v) is 6.19. The molecule has 1 heterocycles. The number of benzene rings is 2. The highest BCUT2D eigenvalue weighted by molar-refractivity contribution is 6.04. The Morgan fingerprint density at radius 3 is 2.48 bits per heavy atom. The van der Waals surface area contributed by atoms with Crippen molar-refractivity contribution in [1.29, 1.82) is 0 Å². The number of carbonyl (C=O) groups is 1. The van der Waals surface area contributed by atoms with Gasteiger partial charge in [0.15, 0.2) is 0 Å². The van der Waals surface area contributed by atoms with Crippen molar-refractivity contribution in [2.75, 3.05) is 11.9 Å². The fourth-order valence-corrected chi connectivity index (χ4v) is 2.60. The lowest BCUT2D eigenvalue weighted by Crippen LogP contribution is -2.11. The minimum Gasteiger partial charge on any atom is -0.494 e. The van der Waals surface area contributed by atoms with Crippen molar-refractivity contribution in [3.8, 4) is 11.4 Å². The van der Waals surface area contributed by atoms with Crippen molar-refractivity contribution >= 4 is 11.6 Å². The molecule has 0 aliphatic rings. The first-order valence-electron chi connectivity index (χ1n) is 9.14. The van der Waals surface area contributed by atoms with Gasteiger partial charge in [-0.1, -0.05) is 26.2 Å². The Morgan fingerprint density at radius 2 is 1.81 bits per heavy atom. The van der Waals surface area contributed by atoms with Crippen LogP contribution in [0.25, 0.3) is 5.69 Å². The average molecular weight is 365 g/mol. The number of carbonyl (C=O) groups excluding carboxylic acids is 1. The Labute approximate surface area is 158 Å². The lowest BCUT2D eigenvalue weighted by molar-refractivity contribution is 0.102. The first-order valence-corrected chi connectivity index (χ1v) is 9.14. The van der Waals surface area contributed by atoms with E-state index in [2.05, 4.69) is 27.8 Å². The summed E-state index contributed by atoms with van der Waals surface area (Å²) < 4.78 is 7.25. The van der Waals surface area contributed by atoms with E-state index < -0.39 is 0 Å². The summed E-state index contributed by atoms with van der Waals surface area (Å²) in [4.78, 5) is 12.4. The molecule has 0 radical (unpaired) electrons. The molecule has 0 saturated carbocycles. The fraction of sp³-hybridized carbons (Fsp3) is 0.300. The molecule has 0 unspecified atom stereocenters. The smallest absolute Gasteiger partial charge is 0.255 e. The average Bonchev–Trinajstić information content (AvgIpc) is 3.24. The van der Waals surface area contributed by atoms with E-state index in [4.69, 9.17) is 4.74 Å². The zero-order valence-corrected chi connectivity index (χ0v) is 15.3. The van der Waals surface area contributed by atoms with Crippen LogP contribution in [0.1, 0.15) is 43.0 Å². The normalized spacial score (nSPS) is 10.6. The van der Waals surface area contributed by atoms with E-state index in [1.54, 1.807) is 16.8 Å². The molecule has 3 rings (SSSR count). The summed E-state index contributed by atoms with van der Waals surface area (Å²) in [7, 11) is 0. The van der Waals surface area contributed by atoms with Crippen molar-refractivity contribution in [1.82, 2.24) is 20.2 Å². The molecular weight excluding hydrogens is 342 g/mol. The lowest BCUT2D eigenvalue weighted by Gasteiger charge is -2.08. The van der Waals surface area contributed by atoms with Gasteiger partial charge in [0.2, 0.25) is 0 Å². The molecule has 1 N–H and O–H groups in total. The van der Waals surface area contributed by atoms with E-state index in [-0.39, 0.29) is 5.91 Å². The van der Waals surface area contributed by atoms with Crippen LogP contribution >= 0.6 is 0 Å². The van der Waals surface area contributed by atoms with Crippen LogP contribution in [0.5, 0.6) is 5.75 Å². The van der Waals surface area contributed by atoms with E-state index >= 15 is 0 Å². The maximum atomic E-state index is 12.4. The zero-order valence-electron chi connectivity index (χ0n) is 15.3. The minimum atomic E-state index is -0.167. The van der Waals surface area contributed by atoms with Crippen LogP contribution in [0.4, 0.5) is 5.69 Å². The van der Waals surface area contributed by atoms with Gasteiger partial charge in [0.25, 0.3) is 5.91 Å². The Kier molecular flexibility index (Phi) is 6.51. The number of amides is 1. The van der Waals surface area contributed by atoms with Crippen molar-refractivity contribution in [2.24, 2.45) is 0 Å². The molecule has 2 aromatic carbocycles. The third kappa shape index (κ3) is 5.37. The van der Waals surface area contributed by atoms with E-state index in [9.17, 15) is 4.79 Å². The second kappa shape index (κ2) is 9.47. The van der Waals surface area contributed by atoms with E-state index in [0.717, 1.165) is 17.9 Å². The Hall–Kier alpha value is -3.22. The van der Waals surface area contributed by atoms with Crippen LogP contribution in [0.15, 0.2) is 54.9 Å². The minimum absolute atomic E-state index is 0.167. The quantitative estimate of drug-likeness (QED) is 0.582. The summed E-state index contributed by atoms with van der Waals surface area (Å²) in [5.74, 6) is 0.619. The molecule has 0 atom stereocenters. The molecule has 140 valence electrons. The van der Waals surface area contributed by atoms with Gasteiger partial charge < -0.3 is 10.1 Å². The van der Waals surface area contributed by atoms with E-state index in [0.29, 0.717) is 17.9 Å². The lowest BCUT2D eigenvalue weighted by atomic mass is 10.2. The largest absolute Gasteiger partial charge is 0.494 e. The predicted molar refractivity (Wildman–Crippen MR) is 103 cm³/mol. The topological polar surface area (TPSA) is 81.9 Å². The van der Waals surface area contributed by atoms with Crippen LogP contribution in [0, 0.1) is 0 Å². The van der Waals surface area contributed by atoms with Gasteiger partial charge in [-0.2, -0.15) is 0 Å². The summed E-state index contributed by atoms with van der Waals surface area (Å²) in [6.07, 6.45) is 6.20. The highest BCUT2D eigenvalue weighted by Crippen LogP contribution is 2.16. The van der Waals surface area contributed by atoms with Crippen LogP contribution in [-0.4, -0.2) is 32.7 Å². The second-order valence-electron chi connectivity index (χ2n) is 6.19. The molecule has 27 heavy (non-hydrogen) atoms. The summed E-state index contributed by atoms with van der Waals surface area (Å²) in [5, 5.41) is 13.9. The van der Waals surface area contributed by atoms with Gasteiger partial charge >= 0.3 is 0 Å². The summed E-state index contributed by atoms with van der Waals surface area (Å²) in [5.41, 5.74) is 2.10. The van der Waals surface area contributed by atoms with Crippen molar-refractivity contribution in [3.05, 3.63) is 60.4 Å². The number of tetrazole rings is 1. The maximum Gasteiger partial charge on any atom is 0.255 e. The number of ether oxygens (including phenoxy) is 1. The van der Waals surface area contributed by atoms with Gasteiger partial charge in [-0.15, -0.1) is 5.10 Å². The van der Waals surface area contributed by atoms with E-state index in [1.165, 1.54) is 25.6 Å². The molecule has 0 bridgehead atoms. The van der Waals surface area contributed by atoms with Gasteiger partial charge in [-0.25, -0.2) is 4.68 Å². The van der Waals surface area contributed by atoms with Crippen LogP contribution < -0.4 is 10.1 Å². The maximum absolute atomic E-state index is 12.4. The number of unbranched alkanes of at least 4 members (excludes halogenated alkanes) is 3. The third-order valence-electron chi connectivity index (χ3n) is 4.12. The molecule has 0 aliphatic heterocycles. The highest BCUT2D eigenvalue weighted by atomic mass is 16.5. The zero-order chi connectivity index (χ0) is 18.9. The Bertz CT molecular complexity index is 830. The number of anilines is 1. The fourth-order valence-electron chi connectivity index (χ4n) is 2.60. The first-order chi connectivity index (χ1) is 13.3. The van der Waals surface area contributed by atoms with Crippen LogP contribution in [0.2, 0.25) is 0 Å². The number of nitrogens with one attached hydrogen (secondary N) is 1. The molecule has 0 aliphatic carbocycles. The Morgan fingerprint density at radius 1 is 1.04 bits per heavy atom. The third-order valence-corrected chi connectivity index (χ3v) is 4.12. The molecular formula is C20H23N5O2. The molecule has 3 aromatic rings. The van der Waals surface area contributed by atoms with E-state index in [1.807, 2.05) is 36.4 Å².